The van der Waals surface area contributed by atoms with Gasteiger partial charge < -0.3 is 4.90 Å². The SMILES string of the molecule is CCC1CCCCCN1C(=O)Cc1ccc(S(N)(=O)=O)s1. The zero-order valence-electron chi connectivity index (χ0n) is 12.2. The summed E-state index contributed by atoms with van der Waals surface area (Å²) in [6.07, 6.45) is 5.70. The molecule has 1 amide bonds. The van der Waals surface area contributed by atoms with E-state index in [-0.39, 0.29) is 16.5 Å². The van der Waals surface area contributed by atoms with Crippen LogP contribution in [0.15, 0.2) is 16.3 Å². The van der Waals surface area contributed by atoms with Gasteiger partial charge in [-0.15, -0.1) is 11.3 Å². The monoisotopic (exact) mass is 330 g/mol. The van der Waals surface area contributed by atoms with Crippen molar-refractivity contribution >= 4 is 27.3 Å². The first-order valence-corrected chi connectivity index (χ1v) is 9.69. The van der Waals surface area contributed by atoms with Crippen LogP contribution in [0.1, 0.15) is 43.9 Å². The zero-order valence-corrected chi connectivity index (χ0v) is 13.9. The molecule has 2 N–H and O–H groups in total. The lowest BCUT2D eigenvalue weighted by Crippen LogP contribution is -2.40. The molecule has 2 heterocycles. The third-order valence-corrected chi connectivity index (χ3v) is 6.44. The van der Waals surface area contributed by atoms with Gasteiger partial charge in [-0.1, -0.05) is 19.8 Å². The van der Waals surface area contributed by atoms with Gasteiger partial charge in [0, 0.05) is 17.5 Å². The van der Waals surface area contributed by atoms with Gasteiger partial charge >= 0.3 is 0 Å². The Kier molecular flexibility index (Phi) is 5.40. The number of hydrogen-bond acceptors (Lipinski definition) is 4. The van der Waals surface area contributed by atoms with E-state index >= 15 is 0 Å². The molecule has 5 nitrogen and oxygen atoms in total. The van der Waals surface area contributed by atoms with Gasteiger partial charge in [-0.25, -0.2) is 13.6 Å². The second-order valence-corrected chi connectivity index (χ2v) is 8.40. The van der Waals surface area contributed by atoms with Crippen LogP contribution in [0.3, 0.4) is 0 Å². The molecule has 0 saturated carbocycles. The van der Waals surface area contributed by atoms with Crippen molar-refractivity contribution in [3.05, 3.63) is 17.0 Å². The molecule has 2 rings (SSSR count). The van der Waals surface area contributed by atoms with Gasteiger partial charge in [0.2, 0.25) is 15.9 Å². The minimum atomic E-state index is -3.67. The van der Waals surface area contributed by atoms with E-state index in [1.807, 2.05) is 4.90 Å². The second-order valence-electron chi connectivity index (χ2n) is 5.44. The fraction of sp³-hybridized carbons (Fsp3) is 0.643. The molecule has 1 aliphatic rings. The zero-order chi connectivity index (χ0) is 15.5. The van der Waals surface area contributed by atoms with Gasteiger partial charge in [0.1, 0.15) is 4.21 Å². The van der Waals surface area contributed by atoms with Gasteiger partial charge in [0.15, 0.2) is 0 Å². The summed E-state index contributed by atoms with van der Waals surface area (Å²) < 4.78 is 22.7. The number of nitrogens with zero attached hydrogens (tertiary/aromatic N) is 1. The predicted molar refractivity (Wildman–Crippen MR) is 83.7 cm³/mol. The number of rotatable bonds is 4. The molecule has 118 valence electrons. The highest BCUT2D eigenvalue weighted by molar-refractivity contribution is 7.91. The van der Waals surface area contributed by atoms with Crippen molar-refractivity contribution in [1.82, 2.24) is 4.90 Å². The van der Waals surface area contributed by atoms with Crippen molar-refractivity contribution in [3.8, 4) is 0 Å². The molecule has 1 atom stereocenters. The molecule has 0 bridgehead atoms. The maximum Gasteiger partial charge on any atom is 0.247 e. The number of nitrogens with two attached hydrogens (primary N) is 1. The Morgan fingerprint density at radius 1 is 1.38 bits per heavy atom. The summed E-state index contributed by atoms with van der Waals surface area (Å²) in [6.45, 7) is 2.92. The summed E-state index contributed by atoms with van der Waals surface area (Å²) in [5, 5.41) is 5.10. The lowest BCUT2D eigenvalue weighted by Gasteiger charge is -2.29. The Balaban J connectivity index is 2.07. The maximum atomic E-state index is 12.5. The van der Waals surface area contributed by atoms with Gasteiger partial charge in [-0.3, -0.25) is 4.79 Å². The first kappa shape index (κ1) is 16.5. The highest BCUT2D eigenvalue weighted by Crippen LogP contribution is 2.24. The Morgan fingerprint density at radius 2 is 2.14 bits per heavy atom. The summed E-state index contributed by atoms with van der Waals surface area (Å²) in [5.41, 5.74) is 0. The quantitative estimate of drug-likeness (QED) is 0.918. The van der Waals surface area contributed by atoms with Crippen molar-refractivity contribution < 1.29 is 13.2 Å². The molecule has 1 unspecified atom stereocenters. The van der Waals surface area contributed by atoms with Crippen LogP contribution in [-0.4, -0.2) is 31.8 Å². The van der Waals surface area contributed by atoms with Crippen molar-refractivity contribution in [3.63, 3.8) is 0 Å². The van der Waals surface area contributed by atoms with E-state index in [4.69, 9.17) is 5.14 Å². The van der Waals surface area contributed by atoms with E-state index in [1.165, 1.54) is 18.9 Å². The molecule has 0 aromatic carbocycles. The van der Waals surface area contributed by atoms with E-state index in [2.05, 4.69) is 6.92 Å². The van der Waals surface area contributed by atoms with Crippen LogP contribution in [-0.2, 0) is 21.2 Å². The average molecular weight is 330 g/mol. The summed E-state index contributed by atoms with van der Waals surface area (Å²) in [4.78, 5) is 15.2. The molecular formula is C14H22N2O3S2. The predicted octanol–water partition coefficient (Wildman–Crippen LogP) is 2.12. The molecule has 0 aliphatic carbocycles. The highest BCUT2D eigenvalue weighted by Gasteiger charge is 2.24. The molecule has 0 spiro atoms. The Bertz CT molecular complexity index is 595. The van der Waals surface area contributed by atoms with Crippen LogP contribution in [0.2, 0.25) is 0 Å². The number of thiophene rings is 1. The lowest BCUT2D eigenvalue weighted by atomic mass is 10.1. The Morgan fingerprint density at radius 3 is 2.76 bits per heavy atom. The number of amides is 1. The van der Waals surface area contributed by atoms with Crippen LogP contribution >= 0.6 is 11.3 Å². The summed E-state index contributed by atoms with van der Waals surface area (Å²) in [6, 6.07) is 3.47. The van der Waals surface area contributed by atoms with Gasteiger partial charge in [-0.05, 0) is 31.4 Å². The lowest BCUT2D eigenvalue weighted by molar-refractivity contribution is -0.132. The third kappa shape index (κ3) is 4.28. The molecule has 1 fully saturated rings. The largest absolute Gasteiger partial charge is 0.339 e. The third-order valence-electron chi connectivity index (χ3n) is 3.91. The molecule has 7 heteroatoms. The minimum Gasteiger partial charge on any atom is -0.339 e. The van der Waals surface area contributed by atoms with Crippen LogP contribution in [0.5, 0.6) is 0 Å². The van der Waals surface area contributed by atoms with Crippen molar-refractivity contribution in [2.75, 3.05) is 6.54 Å². The summed E-state index contributed by atoms with van der Waals surface area (Å²) in [7, 11) is -3.67. The maximum absolute atomic E-state index is 12.5. The van der Waals surface area contributed by atoms with Gasteiger partial charge in [-0.2, -0.15) is 0 Å². The van der Waals surface area contributed by atoms with Crippen molar-refractivity contribution in [1.29, 1.82) is 0 Å². The molecule has 1 aromatic heterocycles. The number of sulfonamides is 1. The van der Waals surface area contributed by atoms with Crippen LogP contribution in [0.4, 0.5) is 0 Å². The van der Waals surface area contributed by atoms with Crippen LogP contribution < -0.4 is 5.14 Å². The number of likely N-dealkylation sites (tertiary alicyclic amines) is 1. The Labute approximate surface area is 130 Å². The fourth-order valence-corrected chi connectivity index (χ4v) is 4.56. The molecule has 0 radical (unpaired) electrons. The Hall–Kier alpha value is -0.920. The van der Waals surface area contributed by atoms with Crippen molar-refractivity contribution in [2.45, 2.75) is 55.7 Å². The molecule has 1 saturated heterocycles. The summed E-state index contributed by atoms with van der Waals surface area (Å²) >= 11 is 1.09. The molecule has 1 aromatic rings. The van der Waals surface area contributed by atoms with E-state index in [9.17, 15) is 13.2 Å². The highest BCUT2D eigenvalue weighted by atomic mass is 32.2. The average Bonchev–Trinajstić information content (AvgIpc) is 2.75. The molecular weight excluding hydrogens is 308 g/mol. The van der Waals surface area contributed by atoms with E-state index < -0.39 is 10.0 Å². The van der Waals surface area contributed by atoms with Crippen LogP contribution in [0.25, 0.3) is 0 Å². The second kappa shape index (κ2) is 6.89. The van der Waals surface area contributed by atoms with Gasteiger partial charge in [0.05, 0.1) is 6.42 Å². The first-order valence-electron chi connectivity index (χ1n) is 7.32. The van der Waals surface area contributed by atoms with E-state index in [1.54, 1.807) is 6.07 Å². The van der Waals surface area contributed by atoms with Crippen molar-refractivity contribution in [2.24, 2.45) is 5.14 Å². The van der Waals surface area contributed by atoms with E-state index in [0.717, 1.165) is 42.0 Å². The van der Waals surface area contributed by atoms with Gasteiger partial charge in [0.25, 0.3) is 0 Å². The smallest absolute Gasteiger partial charge is 0.247 e. The minimum absolute atomic E-state index is 0.0894. The standard InChI is InChI=1S/C14H22N2O3S2/c1-2-11-6-4-3-5-9-16(11)13(17)10-12-7-8-14(20-12)21(15,18)19/h7-8,11H,2-6,9-10H2,1H3,(H2,15,18,19). The normalized spacial score (nSPS) is 20.3. The topological polar surface area (TPSA) is 80.5 Å². The van der Waals surface area contributed by atoms with E-state index in [0.29, 0.717) is 6.04 Å². The molecule has 21 heavy (non-hydrogen) atoms. The molecule has 1 aliphatic heterocycles. The number of primary sulfonamides is 1. The number of hydrogen-bond donors (Lipinski definition) is 1. The summed E-state index contributed by atoms with van der Waals surface area (Å²) in [5.74, 6) is 0.0894. The first-order chi connectivity index (χ1) is 9.91. The van der Waals surface area contributed by atoms with Crippen LogP contribution in [0, 0.1) is 0 Å². The number of carbonyl (C=O) groups is 1. The number of carbonyl (C=O) groups excluding carboxylic acids is 1. The fourth-order valence-electron chi connectivity index (χ4n) is 2.79.